The number of benzene rings is 2. The van der Waals surface area contributed by atoms with E-state index in [1.165, 1.54) is 0 Å². The van der Waals surface area contributed by atoms with Gasteiger partial charge in [-0.1, -0.05) is 36.4 Å². The van der Waals surface area contributed by atoms with Gasteiger partial charge >= 0.3 is 0 Å². The molecule has 0 aliphatic carbocycles. The number of aromatic nitrogens is 3. The number of carbonyl (C=O) groups excluding carboxylic acids is 1. The van der Waals surface area contributed by atoms with Crippen molar-refractivity contribution in [2.24, 2.45) is 0 Å². The van der Waals surface area contributed by atoms with Gasteiger partial charge in [0.2, 0.25) is 17.8 Å². The molecule has 9 heteroatoms. The van der Waals surface area contributed by atoms with E-state index < -0.39 is 0 Å². The van der Waals surface area contributed by atoms with Gasteiger partial charge in [-0.05, 0) is 35.9 Å². The fraction of sp³-hybridized carbons (Fsp3) is 0.250. The molecule has 1 fully saturated rings. The van der Waals surface area contributed by atoms with Gasteiger partial charge in [-0.15, -0.1) is 0 Å². The van der Waals surface area contributed by atoms with Crippen molar-refractivity contribution in [1.82, 2.24) is 15.0 Å². The molecule has 0 saturated carbocycles. The van der Waals surface area contributed by atoms with Crippen molar-refractivity contribution in [3.05, 3.63) is 71.8 Å². The van der Waals surface area contributed by atoms with E-state index in [2.05, 4.69) is 25.6 Å². The normalized spacial score (nSPS) is 13.8. The van der Waals surface area contributed by atoms with E-state index in [4.69, 9.17) is 9.84 Å². The van der Waals surface area contributed by atoms with Crippen LogP contribution in [0, 0.1) is 0 Å². The SMILES string of the molecule is O=C(/C=C/c1ccccc1)c1ccc(Nc2nc(NCCO)nc(N3CCOCC3)n2)cc1. The molecule has 0 bridgehead atoms. The van der Waals surface area contributed by atoms with E-state index in [0.717, 1.165) is 11.3 Å². The van der Waals surface area contributed by atoms with Crippen LogP contribution < -0.4 is 15.5 Å². The minimum atomic E-state index is -0.0735. The highest BCUT2D eigenvalue weighted by molar-refractivity contribution is 6.07. The topological polar surface area (TPSA) is 112 Å². The number of ketones is 1. The average molecular weight is 447 g/mol. The first kappa shape index (κ1) is 22.4. The Morgan fingerprint density at radius 1 is 1.00 bits per heavy atom. The van der Waals surface area contributed by atoms with Crippen molar-refractivity contribution in [2.45, 2.75) is 0 Å². The van der Waals surface area contributed by atoms with Gasteiger partial charge in [0.15, 0.2) is 5.78 Å². The van der Waals surface area contributed by atoms with Crippen LogP contribution in [-0.2, 0) is 4.74 Å². The van der Waals surface area contributed by atoms with Gasteiger partial charge in [-0.25, -0.2) is 0 Å². The van der Waals surface area contributed by atoms with Gasteiger partial charge in [-0.2, -0.15) is 15.0 Å². The highest BCUT2D eigenvalue weighted by Crippen LogP contribution is 2.19. The molecule has 2 aromatic carbocycles. The summed E-state index contributed by atoms with van der Waals surface area (Å²) in [6.45, 7) is 2.91. The van der Waals surface area contributed by atoms with Crippen molar-refractivity contribution in [3.63, 3.8) is 0 Å². The maximum atomic E-state index is 12.5. The second-order valence-electron chi connectivity index (χ2n) is 7.34. The average Bonchev–Trinajstić information content (AvgIpc) is 2.87. The lowest BCUT2D eigenvalue weighted by atomic mass is 10.1. The number of morpholine rings is 1. The fourth-order valence-electron chi connectivity index (χ4n) is 3.25. The monoisotopic (exact) mass is 446 g/mol. The predicted molar refractivity (Wildman–Crippen MR) is 128 cm³/mol. The number of carbonyl (C=O) groups is 1. The van der Waals surface area contributed by atoms with Crippen LogP contribution in [0.5, 0.6) is 0 Å². The number of nitrogens with one attached hydrogen (secondary N) is 2. The molecule has 0 atom stereocenters. The van der Waals surface area contributed by atoms with E-state index in [-0.39, 0.29) is 12.4 Å². The highest BCUT2D eigenvalue weighted by atomic mass is 16.5. The second kappa shape index (κ2) is 11.2. The third-order valence-electron chi connectivity index (χ3n) is 4.96. The Balaban J connectivity index is 1.47. The number of ether oxygens (including phenoxy) is 1. The standard InChI is InChI=1S/C24H26N6O3/c31-15-12-25-22-27-23(29-24(28-22)30-13-16-33-17-14-30)26-20-9-7-19(8-10-20)21(32)11-6-18-4-2-1-3-5-18/h1-11,31H,12-17H2,(H2,25,26,27,28,29)/b11-6+. The minimum Gasteiger partial charge on any atom is -0.395 e. The lowest BCUT2D eigenvalue weighted by molar-refractivity contribution is 0.104. The van der Waals surface area contributed by atoms with Gasteiger partial charge in [0.05, 0.1) is 19.8 Å². The van der Waals surface area contributed by atoms with Crippen LogP contribution in [0.4, 0.5) is 23.5 Å². The summed E-state index contributed by atoms with van der Waals surface area (Å²) in [7, 11) is 0. The van der Waals surface area contributed by atoms with Crippen LogP contribution in [0.3, 0.4) is 0 Å². The van der Waals surface area contributed by atoms with Crippen molar-refractivity contribution < 1.29 is 14.6 Å². The van der Waals surface area contributed by atoms with Crippen molar-refractivity contribution in [2.75, 3.05) is 55.0 Å². The number of hydrogen-bond donors (Lipinski definition) is 3. The summed E-state index contributed by atoms with van der Waals surface area (Å²) in [5.74, 6) is 1.21. The molecule has 3 N–H and O–H groups in total. The maximum Gasteiger partial charge on any atom is 0.233 e. The zero-order chi connectivity index (χ0) is 22.9. The van der Waals surface area contributed by atoms with Gasteiger partial charge < -0.3 is 25.4 Å². The Labute approximate surface area is 192 Å². The largest absolute Gasteiger partial charge is 0.395 e. The first-order valence-electron chi connectivity index (χ1n) is 10.8. The number of rotatable bonds is 9. The number of hydrogen-bond acceptors (Lipinski definition) is 9. The van der Waals surface area contributed by atoms with Crippen LogP contribution in [0.1, 0.15) is 15.9 Å². The molecule has 4 rings (SSSR count). The summed E-state index contributed by atoms with van der Waals surface area (Å²) in [5, 5.41) is 15.3. The zero-order valence-electron chi connectivity index (χ0n) is 18.1. The third-order valence-corrected chi connectivity index (χ3v) is 4.96. The molecule has 0 unspecified atom stereocenters. The molecular formula is C24H26N6O3. The van der Waals surface area contributed by atoms with Crippen LogP contribution in [-0.4, -0.2) is 65.3 Å². The van der Waals surface area contributed by atoms with Gasteiger partial charge in [0.1, 0.15) is 0 Å². The molecule has 2 heterocycles. The Kier molecular flexibility index (Phi) is 7.57. The lowest BCUT2D eigenvalue weighted by Gasteiger charge is -2.27. The first-order chi connectivity index (χ1) is 16.2. The molecule has 1 aliphatic rings. The van der Waals surface area contributed by atoms with E-state index in [1.807, 2.05) is 47.4 Å². The number of aliphatic hydroxyl groups excluding tert-OH is 1. The zero-order valence-corrected chi connectivity index (χ0v) is 18.1. The molecule has 1 aliphatic heterocycles. The van der Waals surface area contributed by atoms with Gasteiger partial charge in [0, 0.05) is 30.9 Å². The van der Waals surface area contributed by atoms with Crippen molar-refractivity contribution >= 4 is 35.4 Å². The number of nitrogens with zero attached hydrogens (tertiary/aromatic N) is 4. The Bertz CT molecular complexity index is 1080. The third kappa shape index (κ3) is 6.34. The molecule has 170 valence electrons. The fourth-order valence-corrected chi connectivity index (χ4v) is 3.25. The van der Waals surface area contributed by atoms with Crippen LogP contribution in [0.2, 0.25) is 0 Å². The molecule has 9 nitrogen and oxygen atoms in total. The predicted octanol–water partition coefficient (Wildman–Crippen LogP) is 2.75. The number of anilines is 4. The summed E-state index contributed by atoms with van der Waals surface area (Å²) in [5.41, 5.74) is 2.30. The number of allylic oxidation sites excluding steroid dienone is 1. The summed E-state index contributed by atoms with van der Waals surface area (Å²) in [4.78, 5) is 27.9. The molecule has 0 radical (unpaired) electrons. The Morgan fingerprint density at radius 3 is 2.45 bits per heavy atom. The molecule has 0 amide bonds. The first-order valence-corrected chi connectivity index (χ1v) is 10.8. The summed E-state index contributed by atoms with van der Waals surface area (Å²) in [6.07, 6.45) is 3.37. The molecule has 0 spiro atoms. The summed E-state index contributed by atoms with van der Waals surface area (Å²) < 4.78 is 5.41. The maximum absolute atomic E-state index is 12.5. The van der Waals surface area contributed by atoms with E-state index >= 15 is 0 Å². The quantitative estimate of drug-likeness (QED) is 0.337. The van der Waals surface area contributed by atoms with Crippen LogP contribution in [0.15, 0.2) is 60.7 Å². The van der Waals surface area contributed by atoms with Crippen LogP contribution >= 0.6 is 0 Å². The molecular weight excluding hydrogens is 420 g/mol. The smallest absolute Gasteiger partial charge is 0.233 e. The lowest BCUT2D eigenvalue weighted by Crippen LogP contribution is -2.37. The minimum absolute atomic E-state index is 0.0322. The second-order valence-corrected chi connectivity index (χ2v) is 7.34. The van der Waals surface area contributed by atoms with Crippen molar-refractivity contribution in [3.8, 4) is 0 Å². The summed E-state index contributed by atoms with van der Waals surface area (Å²) >= 11 is 0. The van der Waals surface area contributed by atoms with Crippen molar-refractivity contribution in [1.29, 1.82) is 0 Å². The highest BCUT2D eigenvalue weighted by Gasteiger charge is 2.16. The molecule has 1 saturated heterocycles. The van der Waals surface area contributed by atoms with E-state index in [0.29, 0.717) is 56.3 Å². The van der Waals surface area contributed by atoms with Gasteiger partial charge in [0.25, 0.3) is 0 Å². The molecule has 3 aromatic rings. The number of aliphatic hydroxyl groups is 1. The molecule has 1 aromatic heterocycles. The Hall–Kier alpha value is -3.82. The van der Waals surface area contributed by atoms with Gasteiger partial charge in [-0.3, -0.25) is 4.79 Å². The van der Waals surface area contributed by atoms with E-state index in [1.54, 1.807) is 24.3 Å². The van der Waals surface area contributed by atoms with E-state index in [9.17, 15) is 4.79 Å². The van der Waals surface area contributed by atoms with Crippen LogP contribution in [0.25, 0.3) is 6.08 Å². The summed E-state index contributed by atoms with van der Waals surface area (Å²) in [6, 6.07) is 16.8. The Morgan fingerprint density at radius 2 is 1.73 bits per heavy atom. The molecule has 33 heavy (non-hydrogen) atoms.